The number of thiophene rings is 1. The van der Waals surface area contributed by atoms with Crippen LogP contribution in [0.4, 0.5) is 5.69 Å². The Bertz CT molecular complexity index is 935. The Morgan fingerprint density at radius 2 is 1.70 bits per heavy atom. The van der Waals surface area contributed by atoms with Crippen LogP contribution in [-0.4, -0.2) is 18.4 Å². The molecule has 138 valence electrons. The molecule has 2 amide bonds. The molecule has 27 heavy (non-hydrogen) atoms. The molecule has 0 saturated carbocycles. The van der Waals surface area contributed by atoms with Gasteiger partial charge in [-0.15, -0.1) is 11.3 Å². The molecule has 0 bridgehead atoms. The van der Waals surface area contributed by atoms with Gasteiger partial charge < -0.3 is 10.6 Å². The molecule has 2 aromatic carbocycles. The van der Waals surface area contributed by atoms with Gasteiger partial charge in [0.15, 0.2) is 0 Å². The van der Waals surface area contributed by atoms with Gasteiger partial charge in [0.25, 0.3) is 5.91 Å². The fourth-order valence-corrected chi connectivity index (χ4v) is 3.94. The average molecular weight is 397 g/mol. The third kappa shape index (κ3) is 5.45. The molecule has 0 fully saturated rings. The van der Waals surface area contributed by atoms with Gasteiger partial charge in [-0.05, 0) is 72.8 Å². The first kappa shape index (κ1) is 19.2. The van der Waals surface area contributed by atoms with E-state index in [9.17, 15) is 9.59 Å². The highest BCUT2D eigenvalue weighted by Gasteiger charge is 2.09. The summed E-state index contributed by atoms with van der Waals surface area (Å²) in [5.41, 5.74) is 3.26. The number of hydrogen-bond donors (Lipinski definition) is 2. The van der Waals surface area contributed by atoms with Crippen molar-refractivity contribution in [3.8, 4) is 0 Å². The van der Waals surface area contributed by atoms with E-state index >= 15 is 0 Å². The molecular formula is C21H20N2O2S2. The van der Waals surface area contributed by atoms with Gasteiger partial charge in [-0.2, -0.15) is 0 Å². The predicted molar refractivity (Wildman–Crippen MR) is 112 cm³/mol. The van der Waals surface area contributed by atoms with E-state index in [0.29, 0.717) is 10.6 Å². The molecule has 4 nitrogen and oxygen atoms in total. The van der Waals surface area contributed by atoms with Gasteiger partial charge in [0.1, 0.15) is 0 Å². The maximum atomic E-state index is 12.0. The molecule has 3 rings (SSSR count). The quantitative estimate of drug-likeness (QED) is 0.624. The molecule has 0 aliphatic carbocycles. The molecule has 0 atom stereocenters. The van der Waals surface area contributed by atoms with Gasteiger partial charge in [0.05, 0.1) is 11.4 Å². The van der Waals surface area contributed by atoms with E-state index in [1.54, 1.807) is 23.9 Å². The van der Waals surface area contributed by atoms with Gasteiger partial charge >= 0.3 is 0 Å². The summed E-state index contributed by atoms with van der Waals surface area (Å²) in [6.45, 7) is 4.15. The van der Waals surface area contributed by atoms with Crippen LogP contribution in [0.1, 0.15) is 20.8 Å². The van der Waals surface area contributed by atoms with Crippen LogP contribution >= 0.6 is 23.1 Å². The Morgan fingerprint density at radius 3 is 2.37 bits per heavy atom. The van der Waals surface area contributed by atoms with Crippen LogP contribution in [0.2, 0.25) is 0 Å². The Morgan fingerprint density at radius 1 is 0.963 bits per heavy atom. The van der Waals surface area contributed by atoms with Gasteiger partial charge in [-0.3, -0.25) is 9.59 Å². The Balaban J connectivity index is 1.51. The Labute approximate surface area is 167 Å². The monoisotopic (exact) mass is 396 g/mol. The highest BCUT2D eigenvalue weighted by atomic mass is 32.2. The summed E-state index contributed by atoms with van der Waals surface area (Å²) in [7, 11) is 0. The minimum absolute atomic E-state index is 0.0596. The van der Waals surface area contributed by atoms with Crippen molar-refractivity contribution in [2.75, 3.05) is 11.9 Å². The van der Waals surface area contributed by atoms with Crippen LogP contribution in [0.5, 0.6) is 0 Å². The zero-order chi connectivity index (χ0) is 19.2. The van der Waals surface area contributed by atoms with Crippen LogP contribution in [0.25, 0.3) is 0 Å². The van der Waals surface area contributed by atoms with Crippen molar-refractivity contribution in [3.63, 3.8) is 0 Å². The molecule has 0 aliphatic rings. The number of aryl methyl sites for hydroxylation is 2. The van der Waals surface area contributed by atoms with Crippen LogP contribution in [0.3, 0.4) is 0 Å². The molecule has 0 unspecified atom stereocenters. The first-order valence-electron chi connectivity index (χ1n) is 8.48. The molecule has 3 aromatic rings. The molecule has 2 N–H and O–H groups in total. The average Bonchev–Trinajstić information content (AvgIpc) is 3.19. The normalized spacial score (nSPS) is 10.4. The second-order valence-corrected chi connectivity index (χ2v) is 8.18. The number of amides is 2. The lowest BCUT2D eigenvalue weighted by Crippen LogP contribution is -2.32. The Hall–Kier alpha value is -2.57. The highest BCUT2D eigenvalue weighted by molar-refractivity contribution is 7.99. The lowest BCUT2D eigenvalue weighted by atomic mass is 10.1. The molecule has 1 aromatic heterocycles. The zero-order valence-electron chi connectivity index (χ0n) is 15.1. The van der Waals surface area contributed by atoms with Crippen LogP contribution < -0.4 is 10.6 Å². The first-order valence-corrected chi connectivity index (χ1v) is 10.2. The van der Waals surface area contributed by atoms with Gasteiger partial charge in [0, 0.05) is 15.5 Å². The van der Waals surface area contributed by atoms with Crippen molar-refractivity contribution < 1.29 is 9.59 Å². The maximum Gasteiger partial charge on any atom is 0.261 e. The van der Waals surface area contributed by atoms with Crippen molar-refractivity contribution in [2.24, 2.45) is 0 Å². The summed E-state index contributed by atoms with van der Waals surface area (Å²) in [6, 6.07) is 17.6. The number of anilines is 1. The summed E-state index contributed by atoms with van der Waals surface area (Å²) in [5, 5.41) is 7.23. The van der Waals surface area contributed by atoms with Crippen molar-refractivity contribution in [3.05, 3.63) is 76.0 Å². The molecule has 1 heterocycles. The van der Waals surface area contributed by atoms with E-state index in [1.165, 1.54) is 27.4 Å². The van der Waals surface area contributed by atoms with Crippen molar-refractivity contribution >= 4 is 40.6 Å². The maximum absolute atomic E-state index is 12.0. The molecule has 0 spiro atoms. The van der Waals surface area contributed by atoms with Gasteiger partial charge in [0.2, 0.25) is 5.91 Å². The number of carbonyl (C=O) groups is 2. The van der Waals surface area contributed by atoms with Crippen LogP contribution in [0, 0.1) is 13.8 Å². The first-order chi connectivity index (χ1) is 13.0. The van der Waals surface area contributed by atoms with E-state index in [0.717, 1.165) is 4.90 Å². The minimum atomic E-state index is -0.255. The minimum Gasteiger partial charge on any atom is -0.342 e. The molecule has 0 radical (unpaired) electrons. The number of hydrogen-bond acceptors (Lipinski definition) is 4. The fourth-order valence-electron chi connectivity index (χ4n) is 2.38. The van der Waals surface area contributed by atoms with Crippen LogP contribution in [0.15, 0.2) is 69.8 Å². The topological polar surface area (TPSA) is 58.2 Å². The summed E-state index contributed by atoms with van der Waals surface area (Å²) >= 11 is 3.03. The van der Waals surface area contributed by atoms with E-state index < -0.39 is 0 Å². The number of nitrogens with one attached hydrogen (secondary N) is 2. The molecular weight excluding hydrogens is 376 g/mol. The highest BCUT2D eigenvalue weighted by Crippen LogP contribution is 2.29. The third-order valence-electron chi connectivity index (χ3n) is 4.01. The van der Waals surface area contributed by atoms with Crippen molar-refractivity contribution in [1.82, 2.24) is 5.32 Å². The predicted octanol–water partition coefficient (Wildman–Crippen LogP) is 4.88. The second-order valence-electron chi connectivity index (χ2n) is 6.08. The largest absolute Gasteiger partial charge is 0.342 e. The number of rotatable bonds is 6. The van der Waals surface area contributed by atoms with E-state index in [1.807, 2.05) is 29.6 Å². The lowest BCUT2D eigenvalue weighted by Gasteiger charge is -2.08. The fraction of sp³-hybridized carbons (Fsp3) is 0.143. The zero-order valence-corrected chi connectivity index (χ0v) is 16.7. The summed E-state index contributed by atoms with van der Waals surface area (Å²) in [4.78, 5) is 26.7. The molecule has 0 aliphatic heterocycles. The van der Waals surface area contributed by atoms with E-state index in [-0.39, 0.29) is 18.4 Å². The second kappa shape index (κ2) is 8.88. The smallest absolute Gasteiger partial charge is 0.261 e. The number of carbonyl (C=O) groups excluding carboxylic acids is 2. The van der Waals surface area contributed by atoms with Gasteiger partial charge in [-0.1, -0.05) is 23.9 Å². The summed E-state index contributed by atoms with van der Waals surface area (Å²) in [5.74, 6) is -0.491. The lowest BCUT2D eigenvalue weighted by molar-refractivity contribution is -0.115. The van der Waals surface area contributed by atoms with E-state index in [2.05, 4.69) is 42.7 Å². The van der Waals surface area contributed by atoms with Gasteiger partial charge in [-0.25, -0.2) is 0 Å². The third-order valence-corrected chi connectivity index (χ3v) is 5.87. The van der Waals surface area contributed by atoms with E-state index in [4.69, 9.17) is 0 Å². The van der Waals surface area contributed by atoms with Crippen molar-refractivity contribution in [2.45, 2.75) is 23.6 Å². The molecule has 6 heteroatoms. The standard InChI is InChI=1S/C21H20N2O2S2/c1-14-5-8-18(12-15(14)2)27-17-9-6-16(7-10-17)23-20(24)13-22-21(25)19-4-3-11-26-19/h3-12H,13H2,1-2H3,(H,22,25)(H,23,24). The Kier molecular flexibility index (Phi) is 6.32. The summed E-state index contributed by atoms with van der Waals surface area (Å²) < 4.78 is 0. The summed E-state index contributed by atoms with van der Waals surface area (Å²) in [6.07, 6.45) is 0. The number of benzene rings is 2. The van der Waals surface area contributed by atoms with Crippen molar-refractivity contribution in [1.29, 1.82) is 0 Å². The molecule has 0 saturated heterocycles. The SMILES string of the molecule is Cc1ccc(Sc2ccc(NC(=O)CNC(=O)c3cccs3)cc2)cc1C. The van der Waals surface area contributed by atoms with Crippen LogP contribution in [-0.2, 0) is 4.79 Å².